The van der Waals surface area contributed by atoms with Crippen molar-refractivity contribution in [2.75, 3.05) is 39.9 Å². The van der Waals surface area contributed by atoms with Crippen LogP contribution >= 0.6 is 0 Å². The van der Waals surface area contributed by atoms with Crippen LogP contribution in [0.4, 0.5) is 0 Å². The average Bonchev–Trinajstić information content (AvgIpc) is 2.61. The molecule has 0 N–H and O–H groups in total. The van der Waals surface area contributed by atoms with E-state index in [1.165, 1.54) is 30.5 Å². The number of para-hydroxylation sites is 1. The first-order chi connectivity index (χ1) is 12.2. The summed E-state index contributed by atoms with van der Waals surface area (Å²) in [5.74, 6) is 0.720. The highest BCUT2D eigenvalue weighted by molar-refractivity contribution is 5.78. The molecule has 3 heterocycles. The van der Waals surface area contributed by atoms with Crippen molar-refractivity contribution in [1.82, 2.24) is 14.8 Å². The van der Waals surface area contributed by atoms with Crippen LogP contribution in [0.1, 0.15) is 25.5 Å². The SMILES string of the molecule is CCOC[C@H]1CCN(C)C2(C1)CN(Cc1ccc3ccccc3n1)C2. The van der Waals surface area contributed by atoms with Gasteiger partial charge in [0.25, 0.3) is 0 Å². The van der Waals surface area contributed by atoms with Gasteiger partial charge in [-0.25, -0.2) is 0 Å². The Kier molecular flexibility index (Phi) is 4.76. The minimum Gasteiger partial charge on any atom is -0.381 e. The zero-order valence-corrected chi connectivity index (χ0v) is 15.4. The summed E-state index contributed by atoms with van der Waals surface area (Å²) in [6.07, 6.45) is 2.54. The minimum atomic E-state index is 0.358. The molecule has 0 amide bonds. The van der Waals surface area contributed by atoms with Crippen molar-refractivity contribution in [3.8, 4) is 0 Å². The van der Waals surface area contributed by atoms with Crippen molar-refractivity contribution >= 4 is 10.9 Å². The van der Waals surface area contributed by atoms with Gasteiger partial charge in [-0.05, 0) is 51.4 Å². The number of pyridine rings is 1. The number of benzene rings is 1. The average molecular weight is 339 g/mol. The van der Waals surface area contributed by atoms with Crippen molar-refractivity contribution in [3.63, 3.8) is 0 Å². The Morgan fingerprint density at radius 2 is 2.04 bits per heavy atom. The fourth-order valence-corrected chi connectivity index (χ4v) is 4.53. The monoisotopic (exact) mass is 339 g/mol. The molecule has 2 aliphatic rings. The smallest absolute Gasteiger partial charge is 0.0705 e. The molecule has 4 nitrogen and oxygen atoms in total. The summed E-state index contributed by atoms with van der Waals surface area (Å²) in [7, 11) is 2.29. The van der Waals surface area contributed by atoms with Crippen LogP contribution in [0.2, 0.25) is 0 Å². The highest BCUT2D eigenvalue weighted by Gasteiger charge is 2.49. The maximum absolute atomic E-state index is 5.69. The second-order valence-electron chi connectivity index (χ2n) is 7.80. The van der Waals surface area contributed by atoms with Gasteiger partial charge in [-0.15, -0.1) is 0 Å². The first kappa shape index (κ1) is 17.0. The largest absolute Gasteiger partial charge is 0.381 e. The summed E-state index contributed by atoms with van der Waals surface area (Å²) in [5.41, 5.74) is 2.64. The van der Waals surface area contributed by atoms with Gasteiger partial charge in [0.05, 0.1) is 11.2 Å². The number of hydrogen-bond donors (Lipinski definition) is 0. The first-order valence-corrected chi connectivity index (χ1v) is 9.54. The Hall–Kier alpha value is -1.49. The van der Waals surface area contributed by atoms with Gasteiger partial charge in [0.15, 0.2) is 0 Å². The van der Waals surface area contributed by atoms with Gasteiger partial charge >= 0.3 is 0 Å². The lowest BCUT2D eigenvalue weighted by molar-refractivity contribution is -0.0925. The second-order valence-corrected chi connectivity index (χ2v) is 7.80. The van der Waals surface area contributed by atoms with E-state index in [9.17, 15) is 0 Å². The van der Waals surface area contributed by atoms with Crippen molar-refractivity contribution in [2.24, 2.45) is 5.92 Å². The highest BCUT2D eigenvalue weighted by Crippen LogP contribution is 2.38. The number of ether oxygens (including phenoxy) is 1. The Bertz CT molecular complexity index is 724. The molecule has 0 aliphatic carbocycles. The number of piperidine rings is 1. The van der Waals surface area contributed by atoms with E-state index >= 15 is 0 Å². The Balaban J connectivity index is 1.38. The number of likely N-dealkylation sites (tertiary alicyclic amines) is 2. The van der Waals surface area contributed by atoms with Gasteiger partial charge in [-0.3, -0.25) is 14.8 Å². The van der Waals surface area contributed by atoms with Gasteiger partial charge in [-0.2, -0.15) is 0 Å². The van der Waals surface area contributed by atoms with E-state index in [1.54, 1.807) is 0 Å². The Morgan fingerprint density at radius 3 is 2.88 bits per heavy atom. The van der Waals surface area contributed by atoms with Crippen LogP contribution in [-0.4, -0.2) is 60.2 Å². The van der Waals surface area contributed by atoms with Crippen LogP contribution in [0.25, 0.3) is 10.9 Å². The van der Waals surface area contributed by atoms with Gasteiger partial charge in [0, 0.05) is 43.8 Å². The third kappa shape index (κ3) is 3.43. The summed E-state index contributed by atoms with van der Waals surface area (Å²) in [6, 6.07) is 12.7. The van der Waals surface area contributed by atoms with Crippen molar-refractivity contribution in [2.45, 2.75) is 31.8 Å². The van der Waals surface area contributed by atoms with E-state index in [4.69, 9.17) is 9.72 Å². The predicted octanol–water partition coefficient (Wildman–Crippen LogP) is 3.17. The van der Waals surface area contributed by atoms with Crippen molar-refractivity contribution in [3.05, 3.63) is 42.1 Å². The highest BCUT2D eigenvalue weighted by atomic mass is 16.5. The maximum atomic E-state index is 5.69. The molecule has 134 valence electrons. The van der Waals surface area contributed by atoms with Crippen molar-refractivity contribution < 1.29 is 4.74 Å². The number of rotatable bonds is 5. The van der Waals surface area contributed by atoms with Gasteiger partial charge in [-0.1, -0.05) is 24.3 Å². The summed E-state index contributed by atoms with van der Waals surface area (Å²) >= 11 is 0. The zero-order chi connectivity index (χ0) is 17.3. The van der Waals surface area contributed by atoms with Crippen LogP contribution in [0, 0.1) is 5.92 Å². The molecule has 2 aromatic rings. The third-order valence-electron chi connectivity index (χ3n) is 5.99. The van der Waals surface area contributed by atoms with Crippen LogP contribution in [0.5, 0.6) is 0 Å². The first-order valence-electron chi connectivity index (χ1n) is 9.54. The molecule has 1 aromatic heterocycles. The molecule has 0 radical (unpaired) electrons. The topological polar surface area (TPSA) is 28.6 Å². The summed E-state index contributed by atoms with van der Waals surface area (Å²) in [5, 5.41) is 1.22. The van der Waals surface area contributed by atoms with Crippen LogP contribution < -0.4 is 0 Å². The van der Waals surface area contributed by atoms with E-state index in [0.29, 0.717) is 5.54 Å². The van der Waals surface area contributed by atoms with Crippen molar-refractivity contribution in [1.29, 1.82) is 0 Å². The zero-order valence-electron chi connectivity index (χ0n) is 15.4. The molecule has 4 heteroatoms. The molecule has 25 heavy (non-hydrogen) atoms. The Labute approximate surface area is 150 Å². The summed E-state index contributed by atoms with van der Waals surface area (Å²) in [6.45, 7) is 8.31. The number of nitrogens with zero attached hydrogens (tertiary/aromatic N) is 3. The summed E-state index contributed by atoms with van der Waals surface area (Å²) in [4.78, 5) is 9.95. The second kappa shape index (κ2) is 7.02. The summed E-state index contributed by atoms with van der Waals surface area (Å²) < 4.78 is 5.69. The molecule has 1 atom stereocenters. The maximum Gasteiger partial charge on any atom is 0.0705 e. The van der Waals surface area contributed by atoms with E-state index in [-0.39, 0.29) is 0 Å². The lowest BCUT2D eigenvalue weighted by Gasteiger charge is -2.58. The molecular formula is C21H29N3O. The quantitative estimate of drug-likeness (QED) is 0.837. The van der Waals surface area contributed by atoms with E-state index in [1.807, 2.05) is 0 Å². The molecule has 1 spiro atoms. The predicted molar refractivity (Wildman–Crippen MR) is 102 cm³/mol. The molecule has 0 bridgehead atoms. The van der Waals surface area contributed by atoms with E-state index < -0.39 is 0 Å². The fourth-order valence-electron chi connectivity index (χ4n) is 4.53. The molecule has 0 saturated carbocycles. The van der Waals surface area contributed by atoms with Crippen LogP contribution in [0.15, 0.2) is 36.4 Å². The number of hydrogen-bond acceptors (Lipinski definition) is 4. The Morgan fingerprint density at radius 1 is 1.20 bits per heavy atom. The molecule has 0 unspecified atom stereocenters. The van der Waals surface area contributed by atoms with Gasteiger partial charge < -0.3 is 4.74 Å². The normalized spacial score (nSPS) is 23.8. The van der Waals surface area contributed by atoms with E-state index in [0.717, 1.165) is 44.3 Å². The minimum absolute atomic E-state index is 0.358. The van der Waals surface area contributed by atoms with Crippen LogP contribution in [0.3, 0.4) is 0 Å². The molecule has 2 aliphatic heterocycles. The molecule has 2 fully saturated rings. The molecule has 1 aromatic carbocycles. The fraction of sp³-hybridized carbons (Fsp3) is 0.571. The third-order valence-corrected chi connectivity index (χ3v) is 5.99. The molecular weight excluding hydrogens is 310 g/mol. The number of aromatic nitrogens is 1. The number of fused-ring (bicyclic) bond motifs is 1. The molecule has 4 rings (SSSR count). The lowest BCUT2D eigenvalue weighted by Crippen LogP contribution is -2.71. The molecule has 2 saturated heterocycles. The lowest BCUT2D eigenvalue weighted by atomic mass is 9.75. The number of likely N-dealkylation sites (N-methyl/N-ethyl adjacent to an activating group) is 1. The van der Waals surface area contributed by atoms with E-state index in [2.05, 4.69) is 60.2 Å². The standard InChI is InChI=1S/C21H29N3O/c1-3-25-14-17-10-11-23(2)21(12-17)15-24(16-21)13-19-9-8-18-6-4-5-7-20(18)22-19/h4-9,17H,3,10-16H2,1-2H3/t17-/m0/s1. The van der Waals surface area contributed by atoms with Crippen LogP contribution in [-0.2, 0) is 11.3 Å². The van der Waals surface area contributed by atoms with Gasteiger partial charge in [0.1, 0.15) is 0 Å². The van der Waals surface area contributed by atoms with Gasteiger partial charge in [0.2, 0.25) is 0 Å².